The fourth-order valence-corrected chi connectivity index (χ4v) is 2.58. The monoisotopic (exact) mass is 310 g/mol. The van der Waals surface area contributed by atoms with Gasteiger partial charge in [-0.3, -0.25) is 0 Å². The van der Waals surface area contributed by atoms with Gasteiger partial charge in [0.15, 0.2) is 0 Å². The van der Waals surface area contributed by atoms with E-state index in [9.17, 15) is 0 Å². The van der Waals surface area contributed by atoms with E-state index in [1.807, 2.05) is 26.0 Å². The van der Waals surface area contributed by atoms with Crippen LogP contribution in [0.3, 0.4) is 0 Å². The fourth-order valence-electron chi connectivity index (χ4n) is 2.41. The van der Waals surface area contributed by atoms with Gasteiger partial charge in [-0.05, 0) is 32.4 Å². The number of alkyl halides is 1. The summed E-state index contributed by atoms with van der Waals surface area (Å²) in [5, 5.41) is 0. The number of para-hydroxylation sites is 1. The minimum Gasteiger partial charge on any atom is -0.489 e. The summed E-state index contributed by atoms with van der Waals surface area (Å²) in [5.41, 5.74) is 2.02. The standard InChI is InChI=1S/C16H23ClN2O2/c1-12(2)21-14-7-4-6-13-16(14)18-15(8-9-17)19(13)10-5-11-20-3/h4,6-7,12H,5,8-11H2,1-3H3. The minimum atomic E-state index is 0.130. The number of fused-ring (bicyclic) bond motifs is 1. The lowest BCUT2D eigenvalue weighted by molar-refractivity contribution is 0.190. The summed E-state index contributed by atoms with van der Waals surface area (Å²) in [6.07, 6.45) is 1.84. The Morgan fingerprint density at radius 2 is 2.14 bits per heavy atom. The zero-order valence-corrected chi connectivity index (χ0v) is 13.7. The third-order valence-corrected chi connectivity index (χ3v) is 3.42. The molecule has 0 spiro atoms. The van der Waals surface area contributed by atoms with Crippen molar-refractivity contribution in [2.45, 2.75) is 39.3 Å². The smallest absolute Gasteiger partial charge is 0.147 e. The summed E-state index contributed by atoms with van der Waals surface area (Å²) in [6, 6.07) is 6.07. The molecule has 1 aromatic heterocycles. The number of hydrogen-bond donors (Lipinski definition) is 0. The van der Waals surface area contributed by atoms with Gasteiger partial charge in [0, 0.05) is 32.6 Å². The first-order chi connectivity index (χ1) is 10.2. The van der Waals surface area contributed by atoms with Crippen LogP contribution in [0, 0.1) is 0 Å². The van der Waals surface area contributed by atoms with Crippen molar-refractivity contribution in [1.29, 1.82) is 0 Å². The van der Waals surface area contributed by atoms with E-state index in [-0.39, 0.29) is 6.10 Å². The second-order valence-electron chi connectivity index (χ2n) is 5.26. The van der Waals surface area contributed by atoms with Gasteiger partial charge in [0.25, 0.3) is 0 Å². The van der Waals surface area contributed by atoms with Crippen molar-refractivity contribution in [3.8, 4) is 5.75 Å². The van der Waals surface area contributed by atoms with Crippen LogP contribution in [0.4, 0.5) is 0 Å². The number of methoxy groups -OCH3 is 1. The molecule has 0 aliphatic heterocycles. The van der Waals surface area contributed by atoms with Crippen molar-refractivity contribution in [1.82, 2.24) is 9.55 Å². The molecule has 21 heavy (non-hydrogen) atoms. The average molecular weight is 311 g/mol. The highest BCUT2D eigenvalue weighted by Gasteiger charge is 2.14. The molecule has 5 heteroatoms. The maximum atomic E-state index is 5.91. The molecular formula is C16H23ClN2O2. The highest BCUT2D eigenvalue weighted by atomic mass is 35.5. The Balaban J connectivity index is 2.40. The average Bonchev–Trinajstić information content (AvgIpc) is 2.78. The Hall–Kier alpha value is -1.26. The predicted octanol–water partition coefficient (Wildman–Crippen LogP) is 3.64. The van der Waals surface area contributed by atoms with Crippen LogP contribution >= 0.6 is 11.6 Å². The molecule has 2 rings (SSSR count). The summed E-state index contributed by atoms with van der Waals surface area (Å²) < 4.78 is 13.2. The number of nitrogens with zero attached hydrogens (tertiary/aromatic N) is 2. The van der Waals surface area contributed by atoms with Gasteiger partial charge in [-0.2, -0.15) is 0 Å². The van der Waals surface area contributed by atoms with Crippen LogP contribution in [0.2, 0.25) is 0 Å². The van der Waals surface area contributed by atoms with Crippen LogP contribution in [0.25, 0.3) is 11.0 Å². The predicted molar refractivity (Wildman–Crippen MR) is 86.4 cm³/mol. The summed E-state index contributed by atoms with van der Waals surface area (Å²) >= 11 is 5.91. The first kappa shape index (κ1) is 16.1. The molecule has 116 valence electrons. The van der Waals surface area contributed by atoms with Gasteiger partial charge in [-0.15, -0.1) is 11.6 Å². The summed E-state index contributed by atoms with van der Waals surface area (Å²) in [5.74, 6) is 2.41. The van der Waals surface area contributed by atoms with Gasteiger partial charge >= 0.3 is 0 Å². The van der Waals surface area contributed by atoms with Gasteiger partial charge in [0.2, 0.25) is 0 Å². The van der Waals surface area contributed by atoms with Crippen LogP contribution in [0.15, 0.2) is 18.2 Å². The van der Waals surface area contributed by atoms with Gasteiger partial charge in [-0.1, -0.05) is 6.07 Å². The summed E-state index contributed by atoms with van der Waals surface area (Å²) in [6.45, 7) is 5.66. The molecule has 2 aromatic rings. The number of rotatable bonds is 8. The molecule has 0 bridgehead atoms. The molecule has 0 atom stereocenters. The molecule has 1 heterocycles. The number of benzene rings is 1. The number of hydrogen-bond acceptors (Lipinski definition) is 3. The minimum absolute atomic E-state index is 0.130. The Kier molecular flexibility index (Phi) is 5.88. The Bertz CT molecular complexity index is 581. The maximum Gasteiger partial charge on any atom is 0.147 e. The van der Waals surface area contributed by atoms with Gasteiger partial charge in [0.1, 0.15) is 17.1 Å². The Morgan fingerprint density at radius 1 is 1.33 bits per heavy atom. The Labute approximate surface area is 131 Å². The molecule has 0 saturated carbocycles. The van der Waals surface area contributed by atoms with Gasteiger partial charge in [0.05, 0.1) is 11.6 Å². The SMILES string of the molecule is COCCCn1c(CCCl)nc2c(OC(C)C)cccc21. The topological polar surface area (TPSA) is 36.3 Å². The van der Waals surface area contributed by atoms with Crippen molar-refractivity contribution in [3.05, 3.63) is 24.0 Å². The molecule has 0 amide bonds. The zero-order valence-electron chi connectivity index (χ0n) is 12.9. The number of halogens is 1. The largest absolute Gasteiger partial charge is 0.489 e. The van der Waals surface area contributed by atoms with Crippen LogP contribution in [0.1, 0.15) is 26.1 Å². The van der Waals surface area contributed by atoms with Crippen LogP contribution in [0.5, 0.6) is 5.75 Å². The third kappa shape index (κ3) is 3.89. The Morgan fingerprint density at radius 3 is 2.81 bits per heavy atom. The lowest BCUT2D eigenvalue weighted by Gasteiger charge is -2.10. The second kappa shape index (κ2) is 7.66. The van der Waals surface area contributed by atoms with Crippen LogP contribution < -0.4 is 4.74 Å². The normalized spacial score (nSPS) is 11.5. The van der Waals surface area contributed by atoms with Crippen molar-refractivity contribution < 1.29 is 9.47 Å². The molecule has 0 aliphatic carbocycles. The quantitative estimate of drug-likeness (QED) is 0.551. The molecule has 4 nitrogen and oxygen atoms in total. The van der Waals surface area contributed by atoms with E-state index in [0.29, 0.717) is 5.88 Å². The lowest BCUT2D eigenvalue weighted by atomic mass is 10.3. The second-order valence-corrected chi connectivity index (χ2v) is 5.63. The molecule has 1 aromatic carbocycles. The van der Waals surface area contributed by atoms with E-state index in [0.717, 1.165) is 48.6 Å². The zero-order chi connectivity index (χ0) is 15.2. The van der Waals surface area contributed by atoms with Crippen molar-refractivity contribution in [3.63, 3.8) is 0 Å². The van der Waals surface area contributed by atoms with Gasteiger partial charge in [-0.25, -0.2) is 4.98 Å². The van der Waals surface area contributed by atoms with Crippen molar-refractivity contribution in [2.24, 2.45) is 0 Å². The molecule has 0 saturated heterocycles. The number of aromatic nitrogens is 2. The number of ether oxygens (including phenoxy) is 2. The van der Waals surface area contributed by atoms with E-state index in [4.69, 9.17) is 26.1 Å². The van der Waals surface area contributed by atoms with E-state index in [2.05, 4.69) is 10.6 Å². The fraction of sp³-hybridized carbons (Fsp3) is 0.562. The number of imidazole rings is 1. The van der Waals surface area contributed by atoms with Gasteiger partial charge < -0.3 is 14.0 Å². The molecule has 0 aliphatic rings. The highest BCUT2D eigenvalue weighted by Crippen LogP contribution is 2.27. The summed E-state index contributed by atoms with van der Waals surface area (Å²) in [4.78, 5) is 4.75. The van der Waals surface area contributed by atoms with Crippen LogP contribution in [-0.4, -0.2) is 35.3 Å². The summed E-state index contributed by atoms with van der Waals surface area (Å²) in [7, 11) is 1.72. The van der Waals surface area contributed by atoms with E-state index >= 15 is 0 Å². The first-order valence-electron chi connectivity index (χ1n) is 7.37. The number of aryl methyl sites for hydroxylation is 2. The molecular weight excluding hydrogens is 288 g/mol. The molecule has 0 radical (unpaired) electrons. The molecule has 0 N–H and O–H groups in total. The lowest BCUT2D eigenvalue weighted by Crippen LogP contribution is -2.07. The van der Waals surface area contributed by atoms with E-state index in [1.165, 1.54) is 0 Å². The van der Waals surface area contributed by atoms with E-state index < -0.39 is 0 Å². The first-order valence-corrected chi connectivity index (χ1v) is 7.90. The van der Waals surface area contributed by atoms with E-state index in [1.54, 1.807) is 7.11 Å². The maximum absolute atomic E-state index is 5.91. The van der Waals surface area contributed by atoms with Crippen LogP contribution in [-0.2, 0) is 17.7 Å². The molecule has 0 unspecified atom stereocenters. The molecule has 0 fully saturated rings. The third-order valence-electron chi connectivity index (χ3n) is 3.23. The van der Waals surface area contributed by atoms with Crippen molar-refractivity contribution >= 4 is 22.6 Å². The highest BCUT2D eigenvalue weighted by molar-refractivity contribution is 6.17. The van der Waals surface area contributed by atoms with Crippen molar-refractivity contribution in [2.75, 3.05) is 19.6 Å².